The number of benzene rings is 7. The van der Waals surface area contributed by atoms with Crippen molar-refractivity contribution in [2.24, 2.45) is 0 Å². The number of aryl methyl sites for hydroxylation is 1. The van der Waals surface area contributed by atoms with Gasteiger partial charge in [-0.2, -0.15) is 0 Å². The number of nitrogens with zero attached hydrogens (tertiary/aromatic N) is 2. The molecule has 0 radical (unpaired) electrons. The molecule has 7 aromatic carbocycles. The number of phenolic OH excluding ortho intramolecular Hbond substituents is 1. The maximum atomic E-state index is 11.5. The predicted octanol–water partition coefficient (Wildman–Crippen LogP) is 15.3. The highest BCUT2D eigenvalue weighted by molar-refractivity contribution is 5.96. The fourth-order valence-corrected chi connectivity index (χ4v) is 8.69. The fraction of sp³-hybridized carbons (Fsp3) is 0.175. The lowest BCUT2D eigenvalue weighted by atomic mass is 9.78. The highest BCUT2D eigenvalue weighted by atomic mass is 16.3. The van der Waals surface area contributed by atoms with E-state index in [0.717, 1.165) is 78.3 Å². The van der Waals surface area contributed by atoms with Crippen molar-refractivity contribution in [2.45, 2.75) is 65.4 Å². The van der Waals surface area contributed by atoms with Crippen LogP contribution in [0.5, 0.6) is 5.75 Å². The summed E-state index contributed by atoms with van der Waals surface area (Å²) in [5.41, 5.74) is 14.8. The van der Waals surface area contributed by atoms with Crippen LogP contribution in [0.15, 0.2) is 176 Å². The number of aromatic nitrogens is 1. The van der Waals surface area contributed by atoms with E-state index in [1.165, 1.54) is 0 Å². The van der Waals surface area contributed by atoms with Crippen molar-refractivity contribution < 1.29 is 9.22 Å². The van der Waals surface area contributed by atoms with Gasteiger partial charge in [-0.1, -0.05) is 163 Å². The Morgan fingerprint density at radius 3 is 1.97 bits per heavy atom. The normalized spacial score (nSPS) is 14.8. The Morgan fingerprint density at radius 1 is 0.557 bits per heavy atom. The summed E-state index contributed by atoms with van der Waals surface area (Å²) in [6.07, 6.45) is 1.23. The first kappa shape index (κ1) is 36.0. The smallest absolute Gasteiger partial charge is 0.134 e. The number of aromatic hydroxyl groups is 1. The number of hydrogen-bond donors (Lipinski definition) is 2. The molecule has 1 aliphatic heterocycles. The molecule has 1 unspecified atom stereocenters. The Morgan fingerprint density at radius 2 is 1.25 bits per heavy atom. The zero-order valence-corrected chi connectivity index (χ0v) is 35.7. The van der Waals surface area contributed by atoms with E-state index in [4.69, 9.17) is 9.10 Å². The highest BCUT2D eigenvalue weighted by Gasteiger charge is 2.36. The van der Waals surface area contributed by atoms with Gasteiger partial charge in [-0.3, -0.25) is 4.98 Å². The van der Waals surface area contributed by atoms with Gasteiger partial charge in [-0.05, 0) is 122 Å². The van der Waals surface area contributed by atoms with Gasteiger partial charge in [0, 0.05) is 32.7 Å². The van der Waals surface area contributed by atoms with E-state index in [-0.39, 0.29) is 22.1 Å². The molecule has 8 aromatic rings. The number of phenols is 1. The van der Waals surface area contributed by atoms with Crippen molar-refractivity contribution in [1.29, 1.82) is 0 Å². The standard InChI is InChI=1S/C57H53N3O/c1-37-32-41(53-45(39-20-12-9-13-21-39)23-16-25-48(53)57(5,6)7)28-29-50(37)60-51-26-17-24-46(54(51)59-55(60)47-22-14-15-27-52(47)61)42-33-43(35-44(34-42)56(2,3)4)49-36-40(30-31-58-49)38-18-10-8-11-19-38/h8-36,55,59,61H,1-7H3/i1D3. The van der Waals surface area contributed by atoms with E-state index in [0.29, 0.717) is 11.3 Å². The first-order valence-corrected chi connectivity index (χ1v) is 21.0. The summed E-state index contributed by atoms with van der Waals surface area (Å²) in [5.74, 6) is 0.111. The van der Waals surface area contributed by atoms with Gasteiger partial charge in [0.05, 0.1) is 17.1 Å². The van der Waals surface area contributed by atoms with Gasteiger partial charge in [0.25, 0.3) is 0 Å². The summed E-state index contributed by atoms with van der Waals surface area (Å²) in [5, 5.41) is 15.3. The fourth-order valence-electron chi connectivity index (χ4n) is 8.69. The summed E-state index contributed by atoms with van der Waals surface area (Å²) in [6.45, 7) is 10.7. The number of anilines is 3. The lowest BCUT2D eigenvalue weighted by molar-refractivity contribution is 0.464. The zero-order valence-electron chi connectivity index (χ0n) is 38.7. The van der Waals surface area contributed by atoms with Crippen molar-refractivity contribution in [2.75, 3.05) is 10.2 Å². The average molecular weight is 799 g/mol. The van der Waals surface area contributed by atoms with Gasteiger partial charge in [-0.25, -0.2) is 0 Å². The molecule has 0 spiro atoms. The molecule has 9 rings (SSSR count). The summed E-state index contributed by atoms with van der Waals surface area (Å²) in [6, 6.07) is 57.2. The molecule has 1 atom stereocenters. The number of rotatable bonds is 7. The van der Waals surface area contributed by atoms with E-state index < -0.39 is 13.0 Å². The van der Waals surface area contributed by atoms with Gasteiger partial charge in [-0.15, -0.1) is 0 Å². The minimum Gasteiger partial charge on any atom is -0.508 e. The Kier molecular flexibility index (Phi) is 9.20. The molecule has 1 aliphatic rings. The molecule has 0 aliphatic carbocycles. The molecule has 0 amide bonds. The summed E-state index contributed by atoms with van der Waals surface area (Å²) in [7, 11) is 0. The van der Waals surface area contributed by atoms with Gasteiger partial charge in [0.2, 0.25) is 0 Å². The van der Waals surface area contributed by atoms with Crippen molar-refractivity contribution in [3.63, 3.8) is 0 Å². The number of pyridine rings is 1. The topological polar surface area (TPSA) is 48.4 Å². The van der Waals surface area contributed by atoms with Crippen LogP contribution in [0.2, 0.25) is 0 Å². The van der Waals surface area contributed by atoms with Crippen molar-refractivity contribution in [3.05, 3.63) is 198 Å². The third-order valence-corrected chi connectivity index (χ3v) is 11.8. The molecular weight excluding hydrogens is 743 g/mol. The number of nitrogens with one attached hydrogen (secondary N) is 1. The molecule has 4 heteroatoms. The lowest BCUT2D eigenvalue weighted by Gasteiger charge is -2.30. The first-order valence-electron chi connectivity index (χ1n) is 22.5. The molecule has 0 bridgehead atoms. The SMILES string of the molecule is [2H]C([2H])([2H])c1cc(-c2c(-c3ccccc3)cccc2C(C)(C)C)ccc1N1c2cccc(-c3cc(-c4cc(-c5ccccc5)ccn4)cc(C(C)(C)C)c3)c2NC1c1ccccc1O. The molecule has 0 fully saturated rings. The van der Waals surface area contributed by atoms with E-state index >= 15 is 0 Å². The van der Waals surface area contributed by atoms with Crippen molar-refractivity contribution >= 4 is 17.1 Å². The molecule has 2 N–H and O–H groups in total. The molecule has 61 heavy (non-hydrogen) atoms. The number of para-hydroxylation sites is 2. The van der Waals surface area contributed by atoms with Crippen LogP contribution in [-0.2, 0) is 10.8 Å². The summed E-state index contributed by atoms with van der Waals surface area (Å²) < 4.78 is 27.3. The van der Waals surface area contributed by atoms with Crippen LogP contribution in [-0.4, -0.2) is 10.1 Å². The van der Waals surface area contributed by atoms with Crippen LogP contribution >= 0.6 is 0 Å². The van der Waals surface area contributed by atoms with E-state index in [1.54, 1.807) is 12.1 Å². The maximum absolute atomic E-state index is 11.5. The molecule has 302 valence electrons. The third kappa shape index (κ3) is 7.59. The minimum atomic E-state index is -2.49. The minimum absolute atomic E-state index is 0.111. The van der Waals surface area contributed by atoms with Gasteiger partial charge in [0.15, 0.2) is 0 Å². The highest BCUT2D eigenvalue weighted by Crippen LogP contribution is 2.53. The van der Waals surface area contributed by atoms with Crippen LogP contribution in [0.1, 0.15) is 74.1 Å². The van der Waals surface area contributed by atoms with E-state index in [1.807, 2.05) is 90.0 Å². The molecule has 0 saturated heterocycles. The largest absolute Gasteiger partial charge is 0.508 e. The average Bonchev–Trinajstić information content (AvgIpc) is 3.68. The van der Waals surface area contributed by atoms with Gasteiger partial charge >= 0.3 is 0 Å². The van der Waals surface area contributed by atoms with Crippen LogP contribution in [0, 0.1) is 6.85 Å². The monoisotopic (exact) mass is 798 g/mol. The Balaban J connectivity index is 1.24. The zero-order chi connectivity index (χ0) is 45.0. The second kappa shape index (κ2) is 15.6. The summed E-state index contributed by atoms with van der Waals surface area (Å²) in [4.78, 5) is 6.92. The van der Waals surface area contributed by atoms with Crippen LogP contribution < -0.4 is 10.2 Å². The van der Waals surface area contributed by atoms with Gasteiger partial charge < -0.3 is 15.3 Å². The predicted molar refractivity (Wildman–Crippen MR) is 257 cm³/mol. The Labute approximate surface area is 365 Å². The summed E-state index contributed by atoms with van der Waals surface area (Å²) >= 11 is 0. The van der Waals surface area contributed by atoms with Crippen LogP contribution in [0.25, 0.3) is 55.8 Å². The molecule has 0 saturated carbocycles. The van der Waals surface area contributed by atoms with Crippen molar-refractivity contribution in [1.82, 2.24) is 4.98 Å². The van der Waals surface area contributed by atoms with Crippen LogP contribution in [0.3, 0.4) is 0 Å². The Hall–Kier alpha value is -6.91. The van der Waals surface area contributed by atoms with E-state index in [9.17, 15) is 5.11 Å². The second-order valence-corrected chi connectivity index (χ2v) is 18.1. The third-order valence-electron chi connectivity index (χ3n) is 11.8. The first-order chi connectivity index (χ1) is 30.6. The van der Waals surface area contributed by atoms with E-state index in [2.05, 4.69) is 126 Å². The van der Waals surface area contributed by atoms with Crippen molar-refractivity contribution in [3.8, 4) is 61.5 Å². The Bertz CT molecular complexity index is 3000. The van der Waals surface area contributed by atoms with Gasteiger partial charge in [0.1, 0.15) is 11.9 Å². The van der Waals surface area contributed by atoms with Crippen LogP contribution in [0.4, 0.5) is 17.1 Å². The molecule has 1 aromatic heterocycles. The maximum Gasteiger partial charge on any atom is 0.134 e. The lowest BCUT2D eigenvalue weighted by Crippen LogP contribution is -2.24. The number of fused-ring (bicyclic) bond motifs is 1. The quantitative estimate of drug-likeness (QED) is 0.169. The molecule has 4 nitrogen and oxygen atoms in total. The number of hydrogen-bond acceptors (Lipinski definition) is 4. The molecule has 2 heterocycles. The molecular formula is C57H53N3O. The second-order valence-electron chi connectivity index (χ2n) is 18.1.